The largest absolute Gasteiger partial charge is 0.480 e. The maximum atomic E-state index is 10.1. The Morgan fingerprint density at radius 1 is 1.60 bits per heavy atom. The summed E-state index contributed by atoms with van der Waals surface area (Å²) in [5.74, 6) is -0.942. The number of nitrogens with zero attached hydrogens (tertiary/aromatic N) is 1. The molecule has 1 heterocycles. The van der Waals surface area contributed by atoms with Crippen molar-refractivity contribution in [3.63, 3.8) is 0 Å². The van der Waals surface area contributed by atoms with Gasteiger partial charge in [-0.05, 0) is 11.6 Å². The Balaban J connectivity index is 2.00. The SMILES string of the molecule is O=C(O)COCCNCc1cccnc1. The molecular formula is C10H14N2O3. The summed E-state index contributed by atoms with van der Waals surface area (Å²) in [5.41, 5.74) is 1.09. The Bertz CT molecular complexity index is 290. The third-order valence-electron chi connectivity index (χ3n) is 1.70. The highest BCUT2D eigenvalue weighted by Crippen LogP contribution is 1.93. The molecular weight excluding hydrogens is 196 g/mol. The lowest BCUT2D eigenvalue weighted by molar-refractivity contribution is -0.142. The molecule has 0 aliphatic heterocycles. The van der Waals surface area contributed by atoms with Crippen molar-refractivity contribution in [2.24, 2.45) is 0 Å². The summed E-state index contributed by atoms with van der Waals surface area (Å²) in [6.07, 6.45) is 3.50. The van der Waals surface area contributed by atoms with Crippen molar-refractivity contribution in [3.8, 4) is 0 Å². The first-order valence-corrected chi connectivity index (χ1v) is 4.68. The normalized spacial score (nSPS) is 10.1. The lowest BCUT2D eigenvalue weighted by Crippen LogP contribution is -2.20. The smallest absolute Gasteiger partial charge is 0.329 e. The molecule has 0 aliphatic carbocycles. The van der Waals surface area contributed by atoms with Crippen molar-refractivity contribution < 1.29 is 14.6 Å². The van der Waals surface area contributed by atoms with Gasteiger partial charge in [0.05, 0.1) is 6.61 Å². The maximum Gasteiger partial charge on any atom is 0.329 e. The molecule has 1 rings (SSSR count). The molecule has 2 N–H and O–H groups in total. The molecule has 0 saturated heterocycles. The molecule has 0 saturated carbocycles. The molecule has 1 aromatic heterocycles. The van der Waals surface area contributed by atoms with Crippen molar-refractivity contribution in [2.45, 2.75) is 6.54 Å². The number of hydrogen-bond acceptors (Lipinski definition) is 4. The number of aliphatic carboxylic acids is 1. The van der Waals surface area contributed by atoms with Crippen LogP contribution in [0.4, 0.5) is 0 Å². The molecule has 0 unspecified atom stereocenters. The van der Waals surface area contributed by atoms with Crippen LogP contribution in [0.25, 0.3) is 0 Å². The van der Waals surface area contributed by atoms with E-state index in [1.165, 1.54) is 0 Å². The minimum atomic E-state index is -0.942. The predicted molar refractivity (Wildman–Crippen MR) is 54.4 cm³/mol. The van der Waals surface area contributed by atoms with E-state index in [9.17, 15) is 4.79 Å². The van der Waals surface area contributed by atoms with E-state index >= 15 is 0 Å². The predicted octanol–water partition coefficient (Wildman–Crippen LogP) is 0.272. The lowest BCUT2D eigenvalue weighted by atomic mass is 10.3. The van der Waals surface area contributed by atoms with Crippen LogP contribution in [0.1, 0.15) is 5.56 Å². The quantitative estimate of drug-likeness (QED) is 0.632. The number of rotatable bonds is 7. The van der Waals surface area contributed by atoms with Crippen LogP contribution in [0.5, 0.6) is 0 Å². The summed E-state index contributed by atoms with van der Waals surface area (Å²) in [6.45, 7) is 1.49. The van der Waals surface area contributed by atoms with Crippen LogP contribution in [0.15, 0.2) is 24.5 Å². The fourth-order valence-electron chi connectivity index (χ4n) is 1.04. The third kappa shape index (κ3) is 5.77. The Hall–Kier alpha value is -1.46. The maximum absolute atomic E-state index is 10.1. The Morgan fingerprint density at radius 2 is 2.47 bits per heavy atom. The van der Waals surface area contributed by atoms with E-state index in [2.05, 4.69) is 10.3 Å². The van der Waals surface area contributed by atoms with Crippen molar-refractivity contribution in [3.05, 3.63) is 30.1 Å². The van der Waals surface area contributed by atoms with Crippen molar-refractivity contribution in [1.82, 2.24) is 10.3 Å². The molecule has 5 nitrogen and oxygen atoms in total. The van der Waals surface area contributed by atoms with Crippen LogP contribution in [0.3, 0.4) is 0 Å². The molecule has 0 amide bonds. The van der Waals surface area contributed by atoms with Crippen LogP contribution >= 0.6 is 0 Å². The number of aromatic nitrogens is 1. The van der Waals surface area contributed by atoms with E-state index in [0.29, 0.717) is 19.7 Å². The zero-order valence-corrected chi connectivity index (χ0v) is 8.35. The van der Waals surface area contributed by atoms with Gasteiger partial charge in [-0.25, -0.2) is 4.79 Å². The molecule has 0 spiro atoms. The molecule has 0 atom stereocenters. The number of carboxylic acid groups (broad SMARTS) is 1. The second-order valence-corrected chi connectivity index (χ2v) is 2.98. The molecule has 0 radical (unpaired) electrons. The van der Waals surface area contributed by atoms with Crippen LogP contribution in [0, 0.1) is 0 Å². The molecule has 15 heavy (non-hydrogen) atoms. The van der Waals surface area contributed by atoms with E-state index in [1.807, 2.05) is 12.1 Å². The average Bonchev–Trinajstić information content (AvgIpc) is 2.24. The van der Waals surface area contributed by atoms with Crippen molar-refractivity contribution in [1.29, 1.82) is 0 Å². The van der Waals surface area contributed by atoms with Crippen LogP contribution in [-0.4, -0.2) is 35.8 Å². The highest BCUT2D eigenvalue weighted by atomic mass is 16.5. The number of ether oxygens (including phenoxy) is 1. The first kappa shape index (κ1) is 11.6. The second-order valence-electron chi connectivity index (χ2n) is 2.98. The van der Waals surface area contributed by atoms with Crippen LogP contribution in [0.2, 0.25) is 0 Å². The first-order valence-electron chi connectivity index (χ1n) is 4.68. The molecule has 0 aliphatic rings. The van der Waals surface area contributed by atoms with Gasteiger partial charge in [-0.3, -0.25) is 4.98 Å². The van der Waals surface area contributed by atoms with E-state index in [0.717, 1.165) is 5.56 Å². The number of nitrogens with one attached hydrogen (secondary N) is 1. The topological polar surface area (TPSA) is 71.5 Å². The summed E-state index contributed by atoms with van der Waals surface area (Å²) in [4.78, 5) is 14.1. The van der Waals surface area contributed by atoms with Gasteiger partial charge in [-0.15, -0.1) is 0 Å². The van der Waals surface area contributed by atoms with Gasteiger partial charge in [-0.1, -0.05) is 6.07 Å². The fourth-order valence-corrected chi connectivity index (χ4v) is 1.04. The summed E-state index contributed by atoms with van der Waals surface area (Å²) < 4.78 is 4.86. The van der Waals surface area contributed by atoms with Gasteiger partial charge in [-0.2, -0.15) is 0 Å². The number of hydrogen-bond donors (Lipinski definition) is 2. The highest BCUT2D eigenvalue weighted by molar-refractivity contribution is 5.67. The van der Waals surface area contributed by atoms with Gasteiger partial charge in [0.15, 0.2) is 0 Å². The molecule has 5 heteroatoms. The lowest BCUT2D eigenvalue weighted by Gasteiger charge is -2.04. The minimum Gasteiger partial charge on any atom is -0.480 e. The summed E-state index contributed by atoms with van der Waals surface area (Å²) in [6, 6.07) is 3.84. The minimum absolute atomic E-state index is 0.241. The van der Waals surface area contributed by atoms with Gasteiger partial charge in [0.25, 0.3) is 0 Å². The number of carbonyl (C=O) groups is 1. The molecule has 0 fully saturated rings. The second kappa shape index (κ2) is 6.92. The zero-order valence-electron chi connectivity index (χ0n) is 8.35. The summed E-state index contributed by atoms with van der Waals surface area (Å²) in [7, 11) is 0. The average molecular weight is 210 g/mol. The number of carboxylic acids is 1. The van der Waals surface area contributed by atoms with E-state index in [1.54, 1.807) is 12.4 Å². The molecule has 0 bridgehead atoms. The fraction of sp³-hybridized carbons (Fsp3) is 0.400. The van der Waals surface area contributed by atoms with Gasteiger partial charge < -0.3 is 15.2 Å². The molecule has 82 valence electrons. The molecule has 0 aromatic carbocycles. The Labute approximate surface area is 88.1 Å². The summed E-state index contributed by atoms with van der Waals surface area (Å²) in [5, 5.41) is 11.4. The van der Waals surface area contributed by atoms with Gasteiger partial charge in [0, 0.05) is 25.5 Å². The Kier molecular flexibility index (Phi) is 5.35. The molecule has 1 aromatic rings. The van der Waals surface area contributed by atoms with Gasteiger partial charge in [0.1, 0.15) is 6.61 Å². The van der Waals surface area contributed by atoms with Crippen LogP contribution < -0.4 is 5.32 Å². The van der Waals surface area contributed by atoms with Crippen molar-refractivity contribution >= 4 is 5.97 Å². The monoisotopic (exact) mass is 210 g/mol. The number of pyridine rings is 1. The van der Waals surface area contributed by atoms with E-state index in [-0.39, 0.29) is 6.61 Å². The van der Waals surface area contributed by atoms with Crippen LogP contribution in [-0.2, 0) is 16.1 Å². The van der Waals surface area contributed by atoms with E-state index in [4.69, 9.17) is 9.84 Å². The van der Waals surface area contributed by atoms with Crippen molar-refractivity contribution in [2.75, 3.05) is 19.8 Å². The zero-order chi connectivity index (χ0) is 10.9. The standard InChI is InChI=1S/C10H14N2O3/c13-10(14)8-15-5-4-12-7-9-2-1-3-11-6-9/h1-3,6,12H,4-5,7-8H2,(H,13,14). The first-order chi connectivity index (χ1) is 7.29. The van der Waals surface area contributed by atoms with E-state index < -0.39 is 5.97 Å². The van der Waals surface area contributed by atoms with Gasteiger partial charge >= 0.3 is 5.97 Å². The van der Waals surface area contributed by atoms with Gasteiger partial charge in [0.2, 0.25) is 0 Å². The Morgan fingerprint density at radius 3 is 3.13 bits per heavy atom. The highest BCUT2D eigenvalue weighted by Gasteiger charge is 1.95. The third-order valence-corrected chi connectivity index (χ3v) is 1.70. The summed E-state index contributed by atoms with van der Waals surface area (Å²) >= 11 is 0.